The van der Waals surface area contributed by atoms with Gasteiger partial charge in [-0.25, -0.2) is 17.2 Å². The number of benzene rings is 3. The molecule has 2 heterocycles. The highest BCUT2D eigenvalue weighted by Crippen LogP contribution is 2.47. The van der Waals surface area contributed by atoms with Crippen molar-refractivity contribution in [2.24, 2.45) is 0 Å². The first kappa shape index (κ1) is 27.5. The zero-order valence-corrected chi connectivity index (χ0v) is 23.2. The van der Waals surface area contributed by atoms with Gasteiger partial charge in [-0.05, 0) is 35.9 Å². The van der Waals surface area contributed by atoms with Crippen LogP contribution in [0.3, 0.4) is 0 Å². The van der Waals surface area contributed by atoms with Gasteiger partial charge in [0.25, 0.3) is 0 Å². The molecule has 0 radical (unpaired) electrons. The first-order chi connectivity index (χ1) is 19.0. The summed E-state index contributed by atoms with van der Waals surface area (Å²) in [4.78, 5) is 4.46. The highest BCUT2D eigenvalue weighted by molar-refractivity contribution is 7.92. The highest BCUT2D eigenvalue weighted by Gasteiger charge is 2.27. The van der Waals surface area contributed by atoms with Crippen molar-refractivity contribution in [3.05, 3.63) is 88.7 Å². The Kier molecular flexibility index (Phi) is 7.19. The van der Waals surface area contributed by atoms with E-state index in [4.69, 9.17) is 21.1 Å². The molecule has 5 rings (SSSR count). The molecular formula is C28H24ClF2N3O5S. The summed E-state index contributed by atoms with van der Waals surface area (Å²) in [7, 11) is -0.795. The molecule has 5 aromatic rings. The third-order valence-electron chi connectivity index (χ3n) is 6.59. The molecule has 0 atom stereocenters. The van der Waals surface area contributed by atoms with Crippen molar-refractivity contribution in [1.29, 1.82) is 0 Å². The Morgan fingerprint density at radius 2 is 1.82 bits per heavy atom. The number of hydrogen-bond donors (Lipinski definition) is 1. The predicted molar refractivity (Wildman–Crippen MR) is 150 cm³/mol. The second-order valence-corrected chi connectivity index (χ2v) is 11.6. The van der Waals surface area contributed by atoms with Gasteiger partial charge >= 0.3 is 0 Å². The Hall–Kier alpha value is -4.09. The first-order valence-electron chi connectivity index (χ1n) is 11.9. The second kappa shape index (κ2) is 10.5. The number of methoxy groups -OCH3 is 1. The zero-order valence-electron chi connectivity index (χ0n) is 21.7. The summed E-state index contributed by atoms with van der Waals surface area (Å²) in [5.74, 6) is -1.20. The van der Waals surface area contributed by atoms with Crippen molar-refractivity contribution in [3.63, 3.8) is 0 Å². The maximum absolute atomic E-state index is 14.6. The van der Waals surface area contributed by atoms with Crippen LogP contribution in [0.1, 0.15) is 11.1 Å². The minimum absolute atomic E-state index is 0.0170. The van der Waals surface area contributed by atoms with E-state index in [0.29, 0.717) is 28.1 Å². The lowest BCUT2D eigenvalue weighted by atomic mass is 10.1. The normalized spacial score (nSPS) is 11.8. The van der Waals surface area contributed by atoms with E-state index in [-0.39, 0.29) is 46.4 Å². The average molecular weight is 588 g/mol. The number of aromatic nitrogens is 2. The topological polar surface area (TPSA) is 93.9 Å². The van der Waals surface area contributed by atoms with Crippen LogP contribution in [0.5, 0.6) is 17.4 Å². The fraction of sp³-hybridized carbons (Fsp3) is 0.179. The molecule has 0 aliphatic rings. The van der Waals surface area contributed by atoms with Crippen molar-refractivity contribution in [3.8, 4) is 17.4 Å². The molecule has 40 heavy (non-hydrogen) atoms. The number of hydrogen-bond acceptors (Lipinski definition) is 6. The van der Waals surface area contributed by atoms with Crippen LogP contribution in [-0.4, -0.2) is 43.5 Å². The van der Waals surface area contributed by atoms with Gasteiger partial charge in [0, 0.05) is 41.8 Å². The Morgan fingerprint density at radius 1 is 1.10 bits per heavy atom. The first-order valence-corrected chi connectivity index (χ1v) is 14.2. The molecule has 0 spiro atoms. The summed E-state index contributed by atoms with van der Waals surface area (Å²) in [6, 6.07) is 12.4. The Balaban J connectivity index is 1.74. The van der Waals surface area contributed by atoms with Gasteiger partial charge in [-0.2, -0.15) is 0 Å². The number of pyridine rings is 1. The van der Waals surface area contributed by atoms with Crippen molar-refractivity contribution >= 4 is 49.0 Å². The molecule has 208 valence electrons. The predicted octanol–water partition coefficient (Wildman–Crippen LogP) is 5.86. The number of anilines is 1. The van der Waals surface area contributed by atoms with E-state index >= 15 is 0 Å². The summed E-state index contributed by atoms with van der Waals surface area (Å²) < 4.78 is 67.5. The van der Waals surface area contributed by atoms with E-state index < -0.39 is 21.7 Å². The minimum Gasteiger partial charge on any atom is -0.497 e. The number of halogens is 3. The molecule has 8 nitrogen and oxygen atoms in total. The van der Waals surface area contributed by atoms with Gasteiger partial charge < -0.3 is 19.1 Å². The molecule has 3 aromatic carbocycles. The molecule has 0 fully saturated rings. The largest absolute Gasteiger partial charge is 0.497 e. The van der Waals surface area contributed by atoms with Crippen LogP contribution < -0.4 is 13.8 Å². The van der Waals surface area contributed by atoms with Crippen molar-refractivity contribution < 1.29 is 31.8 Å². The molecule has 2 aromatic heterocycles. The summed E-state index contributed by atoms with van der Waals surface area (Å²) >= 11 is 5.88. The van der Waals surface area contributed by atoms with E-state index in [1.165, 1.54) is 24.0 Å². The van der Waals surface area contributed by atoms with Gasteiger partial charge in [-0.1, -0.05) is 23.7 Å². The van der Waals surface area contributed by atoms with Crippen LogP contribution in [0.4, 0.5) is 14.5 Å². The maximum atomic E-state index is 14.6. The van der Waals surface area contributed by atoms with E-state index in [2.05, 4.69) is 4.98 Å². The van der Waals surface area contributed by atoms with Crippen LogP contribution >= 0.6 is 11.6 Å². The molecule has 0 aliphatic heterocycles. The quantitative estimate of drug-likeness (QED) is 0.229. The minimum atomic E-state index is -3.75. The van der Waals surface area contributed by atoms with Crippen molar-refractivity contribution in [2.75, 3.05) is 24.7 Å². The molecule has 0 amide bonds. The Bertz CT molecular complexity index is 1860. The van der Waals surface area contributed by atoms with Crippen molar-refractivity contribution in [1.82, 2.24) is 9.55 Å². The third kappa shape index (κ3) is 4.98. The molecule has 1 N–H and O–H groups in total. The second-order valence-electron chi connectivity index (χ2n) is 9.17. The van der Waals surface area contributed by atoms with Crippen LogP contribution in [0.25, 0.3) is 21.7 Å². The van der Waals surface area contributed by atoms with Gasteiger partial charge in [-0.3, -0.25) is 9.29 Å². The van der Waals surface area contributed by atoms with Crippen LogP contribution in [0.15, 0.2) is 60.9 Å². The molecule has 0 bridgehead atoms. The monoisotopic (exact) mass is 587 g/mol. The SMILES string of the molecule is COc1ccc(COc2c3ncccc3c(N(C)S(C)(=O)=O)c3cn(Cc4cc(Cl)c(F)cc4F)c(O)c23)cc1. The van der Waals surface area contributed by atoms with Gasteiger partial charge in [0.05, 0.1) is 36.0 Å². The number of rotatable bonds is 8. The van der Waals surface area contributed by atoms with E-state index in [9.17, 15) is 22.3 Å². The molecule has 0 saturated carbocycles. The third-order valence-corrected chi connectivity index (χ3v) is 8.06. The number of ether oxygens (including phenoxy) is 2. The average Bonchev–Trinajstić information content (AvgIpc) is 3.24. The van der Waals surface area contributed by atoms with Gasteiger partial charge in [-0.15, -0.1) is 0 Å². The summed E-state index contributed by atoms with van der Waals surface area (Å²) in [6.45, 7) is -0.130. The van der Waals surface area contributed by atoms with Gasteiger partial charge in [0.1, 0.15) is 29.5 Å². The van der Waals surface area contributed by atoms with E-state index in [1.54, 1.807) is 31.4 Å². The van der Waals surface area contributed by atoms with E-state index in [1.807, 2.05) is 12.1 Å². The maximum Gasteiger partial charge on any atom is 0.232 e. The molecule has 12 heteroatoms. The molecular weight excluding hydrogens is 564 g/mol. The smallest absolute Gasteiger partial charge is 0.232 e. The summed E-state index contributed by atoms with van der Waals surface area (Å²) in [6.07, 6.45) is 4.08. The fourth-order valence-corrected chi connectivity index (χ4v) is 5.22. The van der Waals surface area contributed by atoms with E-state index in [0.717, 1.165) is 22.2 Å². The summed E-state index contributed by atoms with van der Waals surface area (Å²) in [5.41, 5.74) is 1.39. The number of nitrogens with zero attached hydrogens (tertiary/aromatic N) is 3. The molecule has 0 aliphatic carbocycles. The summed E-state index contributed by atoms with van der Waals surface area (Å²) in [5, 5.41) is 12.1. The van der Waals surface area contributed by atoms with Gasteiger partial charge in [0.2, 0.25) is 15.9 Å². The lowest BCUT2D eigenvalue weighted by molar-refractivity contribution is 0.311. The highest BCUT2D eigenvalue weighted by atomic mass is 35.5. The standard InChI is InChI=1S/C28H24ClF2N3O5S/c1-33(40(3,36)37)26-19-5-4-10-32-25(19)27(39-15-16-6-8-18(38-2)9-7-16)24-20(26)14-34(28(24)35)13-17-11-21(29)23(31)12-22(17)30/h4-12,14,35H,13,15H2,1-3H3. The van der Waals surface area contributed by atoms with Crippen LogP contribution in [0.2, 0.25) is 5.02 Å². The van der Waals surface area contributed by atoms with Crippen LogP contribution in [-0.2, 0) is 23.2 Å². The zero-order chi connectivity index (χ0) is 28.8. The number of sulfonamides is 1. The van der Waals surface area contributed by atoms with Crippen molar-refractivity contribution in [2.45, 2.75) is 13.2 Å². The lowest BCUT2D eigenvalue weighted by Crippen LogP contribution is -2.25. The number of fused-ring (bicyclic) bond motifs is 2. The Morgan fingerprint density at radius 3 is 2.50 bits per heavy atom. The number of aromatic hydroxyl groups is 1. The molecule has 0 saturated heterocycles. The fourth-order valence-electron chi connectivity index (χ4n) is 4.50. The molecule has 0 unspecified atom stereocenters. The Labute approximate surface area is 234 Å². The van der Waals surface area contributed by atoms with Gasteiger partial charge in [0.15, 0.2) is 5.75 Å². The lowest BCUT2D eigenvalue weighted by Gasteiger charge is -2.21. The van der Waals surface area contributed by atoms with Crippen LogP contribution in [0, 0.1) is 11.6 Å².